The maximum atomic E-state index is 4.55. The summed E-state index contributed by atoms with van der Waals surface area (Å²) in [5.74, 6) is 0. The molecule has 0 amide bonds. The minimum atomic E-state index is 0.515. The lowest BCUT2D eigenvalue weighted by Gasteiger charge is -2.24. The molecule has 102 valence electrons. The molecule has 1 rings (SSSR count). The average Bonchev–Trinajstić information content (AvgIpc) is 2.34. The van der Waals surface area contributed by atoms with E-state index in [2.05, 4.69) is 62.0 Å². The molecule has 1 aromatic rings. The quantitative estimate of drug-likeness (QED) is 0.805. The maximum absolute atomic E-state index is 4.55. The molecule has 0 unspecified atom stereocenters. The molecule has 0 spiro atoms. The van der Waals surface area contributed by atoms with Crippen molar-refractivity contribution in [2.24, 2.45) is 0 Å². The third-order valence-electron chi connectivity index (χ3n) is 3.10. The topological polar surface area (TPSA) is 28.2 Å². The number of aromatic nitrogens is 1. The molecule has 0 aromatic carbocycles. The first kappa shape index (κ1) is 15.1. The van der Waals surface area contributed by atoms with Crippen molar-refractivity contribution in [2.75, 3.05) is 6.54 Å². The fraction of sp³-hybridized carbons (Fsp3) is 0.667. The van der Waals surface area contributed by atoms with E-state index in [1.807, 2.05) is 6.20 Å². The number of pyridine rings is 1. The zero-order chi connectivity index (χ0) is 13.5. The number of nitrogens with zero attached hydrogens (tertiary/aromatic N) is 2. The van der Waals surface area contributed by atoms with Gasteiger partial charge in [-0.15, -0.1) is 0 Å². The Labute approximate surface area is 112 Å². The summed E-state index contributed by atoms with van der Waals surface area (Å²) in [6.07, 6.45) is 1.98. The van der Waals surface area contributed by atoms with Gasteiger partial charge in [0.2, 0.25) is 0 Å². The maximum Gasteiger partial charge on any atom is 0.0544 e. The van der Waals surface area contributed by atoms with E-state index in [9.17, 15) is 0 Å². The van der Waals surface area contributed by atoms with Crippen molar-refractivity contribution in [1.82, 2.24) is 15.2 Å². The van der Waals surface area contributed by atoms with Crippen LogP contribution < -0.4 is 5.32 Å². The van der Waals surface area contributed by atoms with Crippen LogP contribution in [-0.4, -0.2) is 28.5 Å². The van der Waals surface area contributed by atoms with Gasteiger partial charge in [-0.05, 0) is 32.0 Å². The average molecular weight is 249 g/mol. The van der Waals surface area contributed by atoms with E-state index in [0.29, 0.717) is 12.1 Å². The molecule has 0 fully saturated rings. The van der Waals surface area contributed by atoms with Crippen molar-refractivity contribution >= 4 is 0 Å². The van der Waals surface area contributed by atoms with Gasteiger partial charge in [0.1, 0.15) is 0 Å². The van der Waals surface area contributed by atoms with E-state index in [0.717, 1.165) is 25.3 Å². The summed E-state index contributed by atoms with van der Waals surface area (Å²) in [6.45, 7) is 13.9. The van der Waals surface area contributed by atoms with E-state index in [1.165, 1.54) is 5.56 Å². The van der Waals surface area contributed by atoms with Gasteiger partial charge in [-0.2, -0.15) is 0 Å². The lowest BCUT2D eigenvalue weighted by Crippen LogP contribution is -2.30. The highest BCUT2D eigenvalue weighted by atomic mass is 15.1. The molecule has 0 bridgehead atoms. The number of rotatable bonds is 7. The number of hydrogen-bond acceptors (Lipinski definition) is 3. The Hall–Kier alpha value is -0.930. The summed E-state index contributed by atoms with van der Waals surface area (Å²) in [5.41, 5.74) is 2.40. The summed E-state index contributed by atoms with van der Waals surface area (Å²) >= 11 is 0. The summed E-state index contributed by atoms with van der Waals surface area (Å²) < 4.78 is 0. The first-order valence-electron chi connectivity index (χ1n) is 6.94. The zero-order valence-electron chi connectivity index (χ0n) is 12.4. The predicted molar refractivity (Wildman–Crippen MR) is 77.4 cm³/mol. The van der Waals surface area contributed by atoms with Crippen LogP contribution in [-0.2, 0) is 13.1 Å². The summed E-state index contributed by atoms with van der Waals surface area (Å²) in [6, 6.07) is 5.40. The van der Waals surface area contributed by atoms with Crippen LogP contribution in [0.3, 0.4) is 0 Å². The summed E-state index contributed by atoms with van der Waals surface area (Å²) in [5, 5.41) is 3.40. The number of hydrogen-bond donors (Lipinski definition) is 1. The Bertz CT molecular complexity index is 330. The molecule has 0 saturated heterocycles. The molecular weight excluding hydrogens is 222 g/mol. The normalized spacial score (nSPS) is 11.8. The van der Waals surface area contributed by atoms with Crippen molar-refractivity contribution in [3.8, 4) is 0 Å². The van der Waals surface area contributed by atoms with Crippen LogP contribution >= 0.6 is 0 Å². The molecule has 3 nitrogen and oxygen atoms in total. The molecule has 0 radical (unpaired) electrons. The highest BCUT2D eigenvalue weighted by Crippen LogP contribution is 2.07. The molecule has 1 aromatic heterocycles. The smallest absolute Gasteiger partial charge is 0.0544 e. The molecule has 0 atom stereocenters. The molecule has 0 aliphatic heterocycles. The van der Waals surface area contributed by atoms with Crippen molar-refractivity contribution in [3.05, 3.63) is 29.6 Å². The Morgan fingerprint density at radius 1 is 1.22 bits per heavy atom. The lowest BCUT2D eigenvalue weighted by atomic mass is 10.2. The van der Waals surface area contributed by atoms with E-state index < -0.39 is 0 Å². The van der Waals surface area contributed by atoms with Gasteiger partial charge in [0.25, 0.3) is 0 Å². The van der Waals surface area contributed by atoms with Crippen molar-refractivity contribution in [2.45, 2.75) is 59.8 Å². The molecule has 1 heterocycles. The standard InChI is InChI=1S/C15H27N3/c1-6-18(13(4)5)11-15-8-7-14(10-17-15)9-16-12(2)3/h7-8,10,12-13,16H,6,9,11H2,1-5H3. The minimum Gasteiger partial charge on any atom is -0.310 e. The van der Waals surface area contributed by atoms with Gasteiger partial charge in [-0.1, -0.05) is 26.8 Å². The predicted octanol–water partition coefficient (Wildman–Crippen LogP) is 2.81. The monoisotopic (exact) mass is 249 g/mol. The highest BCUT2D eigenvalue weighted by Gasteiger charge is 2.08. The fourth-order valence-electron chi connectivity index (χ4n) is 1.84. The minimum absolute atomic E-state index is 0.515. The Balaban J connectivity index is 2.54. The molecule has 3 heteroatoms. The van der Waals surface area contributed by atoms with E-state index in [-0.39, 0.29) is 0 Å². The Morgan fingerprint density at radius 3 is 2.39 bits per heavy atom. The van der Waals surface area contributed by atoms with Gasteiger partial charge >= 0.3 is 0 Å². The molecular formula is C15H27N3. The number of nitrogens with one attached hydrogen (secondary N) is 1. The largest absolute Gasteiger partial charge is 0.310 e. The van der Waals surface area contributed by atoms with Gasteiger partial charge in [0.15, 0.2) is 0 Å². The zero-order valence-corrected chi connectivity index (χ0v) is 12.4. The second-order valence-electron chi connectivity index (χ2n) is 5.35. The SMILES string of the molecule is CCN(Cc1ccc(CNC(C)C)cn1)C(C)C. The molecule has 0 aliphatic carbocycles. The van der Waals surface area contributed by atoms with Crippen LogP contribution in [0, 0.1) is 0 Å². The first-order valence-corrected chi connectivity index (χ1v) is 6.94. The van der Waals surface area contributed by atoms with Gasteiger partial charge < -0.3 is 5.32 Å². The molecule has 1 N–H and O–H groups in total. The van der Waals surface area contributed by atoms with E-state index in [4.69, 9.17) is 0 Å². The van der Waals surface area contributed by atoms with Gasteiger partial charge in [-0.3, -0.25) is 9.88 Å². The van der Waals surface area contributed by atoms with Crippen molar-refractivity contribution < 1.29 is 0 Å². The lowest BCUT2D eigenvalue weighted by molar-refractivity contribution is 0.222. The summed E-state index contributed by atoms with van der Waals surface area (Å²) in [4.78, 5) is 6.96. The Morgan fingerprint density at radius 2 is 1.94 bits per heavy atom. The second-order valence-corrected chi connectivity index (χ2v) is 5.35. The van der Waals surface area contributed by atoms with Crippen LogP contribution in [0.4, 0.5) is 0 Å². The summed E-state index contributed by atoms with van der Waals surface area (Å²) in [7, 11) is 0. The van der Waals surface area contributed by atoms with Gasteiger partial charge in [0, 0.05) is 31.4 Å². The second kappa shape index (κ2) is 7.49. The highest BCUT2D eigenvalue weighted by molar-refractivity contribution is 5.14. The van der Waals surface area contributed by atoms with Crippen molar-refractivity contribution in [1.29, 1.82) is 0 Å². The molecule has 0 saturated carbocycles. The van der Waals surface area contributed by atoms with Gasteiger partial charge in [0.05, 0.1) is 5.69 Å². The molecule has 0 aliphatic rings. The Kier molecular flexibility index (Phi) is 6.30. The fourth-order valence-corrected chi connectivity index (χ4v) is 1.84. The van der Waals surface area contributed by atoms with E-state index in [1.54, 1.807) is 0 Å². The van der Waals surface area contributed by atoms with E-state index >= 15 is 0 Å². The van der Waals surface area contributed by atoms with Gasteiger partial charge in [-0.25, -0.2) is 0 Å². The molecule has 18 heavy (non-hydrogen) atoms. The van der Waals surface area contributed by atoms with Crippen LogP contribution in [0.5, 0.6) is 0 Å². The van der Waals surface area contributed by atoms with Crippen LogP contribution in [0.15, 0.2) is 18.3 Å². The first-order chi connectivity index (χ1) is 8.52. The van der Waals surface area contributed by atoms with Crippen LogP contribution in [0.1, 0.15) is 45.9 Å². The third kappa shape index (κ3) is 5.15. The van der Waals surface area contributed by atoms with Crippen LogP contribution in [0.25, 0.3) is 0 Å². The van der Waals surface area contributed by atoms with Crippen molar-refractivity contribution in [3.63, 3.8) is 0 Å². The third-order valence-corrected chi connectivity index (χ3v) is 3.10. The van der Waals surface area contributed by atoms with Crippen LogP contribution in [0.2, 0.25) is 0 Å².